The van der Waals surface area contributed by atoms with Gasteiger partial charge in [0.1, 0.15) is 17.3 Å². The third-order valence-electron chi connectivity index (χ3n) is 11.0. The summed E-state index contributed by atoms with van der Waals surface area (Å²) < 4.78 is 82.5. The number of ether oxygens (including phenoxy) is 3. The van der Waals surface area contributed by atoms with Gasteiger partial charge in [0.05, 0.1) is 56.1 Å². The molecule has 3 aromatic carbocycles. The lowest BCUT2D eigenvalue weighted by molar-refractivity contribution is -0.140. The van der Waals surface area contributed by atoms with Crippen molar-refractivity contribution in [1.82, 2.24) is 24.6 Å². The van der Waals surface area contributed by atoms with Crippen LogP contribution in [0.5, 0.6) is 11.5 Å². The number of aromatic nitrogens is 4. The number of thioether (sulfide) groups is 1. The number of nitrogens with zero attached hydrogens (tertiary/aromatic N) is 7. The zero-order chi connectivity index (χ0) is 43.6. The Balaban J connectivity index is 1.32. The first-order valence-electron chi connectivity index (χ1n) is 19.7. The number of alkyl halides is 3. The molecule has 0 spiro atoms. The third-order valence-corrected chi connectivity index (χ3v) is 11.5. The molecule has 5 aromatic rings. The largest absolute Gasteiger partial charge is 0.497 e. The topological polar surface area (TPSA) is 98.1 Å². The molecule has 2 aliphatic rings. The first-order chi connectivity index (χ1) is 29.2. The SMILES string of the molecule is CC#Cc1cc(N(Cc2ccc(OC)cc2)Cc2ccc(OC)cc2)c(F)c(C2Cc3nc(SC)nc(N4CCCn5nc(C(=O)N(C)C)c(C)c5C4)c3CO2)c1C(F)(F)F. The van der Waals surface area contributed by atoms with E-state index >= 15 is 17.6 Å². The number of amides is 1. The second-order valence-electron chi connectivity index (χ2n) is 15.1. The summed E-state index contributed by atoms with van der Waals surface area (Å²) in [5, 5.41) is 5.06. The Labute approximate surface area is 357 Å². The van der Waals surface area contributed by atoms with Crippen molar-refractivity contribution in [2.45, 2.75) is 76.9 Å². The van der Waals surface area contributed by atoms with Crippen molar-refractivity contribution in [2.24, 2.45) is 0 Å². The molecule has 11 nitrogen and oxygen atoms in total. The average molecular weight is 858 g/mol. The minimum Gasteiger partial charge on any atom is -0.497 e. The maximum absolute atomic E-state index is 17.6. The fraction of sp³-hybridized carbons (Fsp3) is 0.378. The average Bonchev–Trinajstić information content (AvgIpc) is 3.40. The van der Waals surface area contributed by atoms with Gasteiger partial charge in [-0.3, -0.25) is 9.48 Å². The van der Waals surface area contributed by atoms with E-state index in [0.29, 0.717) is 65.5 Å². The Morgan fingerprint density at radius 2 is 1.64 bits per heavy atom. The maximum atomic E-state index is 17.6. The highest BCUT2D eigenvalue weighted by atomic mass is 32.2. The molecule has 2 aromatic heterocycles. The van der Waals surface area contributed by atoms with E-state index < -0.39 is 29.2 Å². The molecule has 1 atom stereocenters. The van der Waals surface area contributed by atoms with Crippen molar-refractivity contribution < 1.29 is 36.6 Å². The number of hydrogen-bond donors (Lipinski definition) is 0. The van der Waals surface area contributed by atoms with Gasteiger partial charge < -0.3 is 28.9 Å². The summed E-state index contributed by atoms with van der Waals surface area (Å²) in [5.41, 5.74) is 2.44. The number of hydrogen-bond acceptors (Lipinski definition) is 10. The van der Waals surface area contributed by atoms with Gasteiger partial charge in [-0.1, -0.05) is 41.9 Å². The Bertz CT molecular complexity index is 2430. The summed E-state index contributed by atoms with van der Waals surface area (Å²) in [6.45, 7) is 5.02. The molecule has 1 unspecified atom stereocenters. The summed E-state index contributed by atoms with van der Waals surface area (Å²) in [7, 11) is 6.47. The van der Waals surface area contributed by atoms with Crippen LogP contribution < -0.4 is 19.3 Å². The summed E-state index contributed by atoms with van der Waals surface area (Å²) in [4.78, 5) is 27.9. The Morgan fingerprint density at radius 1 is 1.00 bits per heavy atom. The number of fused-ring (bicyclic) bond motifs is 2. The molecule has 0 saturated carbocycles. The lowest BCUT2D eigenvalue weighted by Gasteiger charge is -2.33. The minimum absolute atomic E-state index is 0.0568. The standard InChI is InChI=1S/C45H47F4N7O4S/c1-8-10-30-21-35(55(23-28-11-15-31(58-5)16-12-28)24-29-13-17-32(59-6)18-14-29)40(46)38(39(30)45(47,48)49)37-22-34-33(26-60-37)42(51-44(50-34)61-7)54-19-9-20-56-36(25-54)27(2)41(52-56)43(57)53(3)4/h11-18,21,37H,9,19-20,22-26H2,1-7H3. The Kier molecular flexibility index (Phi) is 12.8. The highest BCUT2D eigenvalue weighted by Gasteiger charge is 2.43. The van der Waals surface area contributed by atoms with Crippen molar-refractivity contribution in [3.05, 3.63) is 116 Å². The Morgan fingerprint density at radius 3 is 2.20 bits per heavy atom. The number of benzene rings is 3. The molecule has 320 valence electrons. The van der Waals surface area contributed by atoms with E-state index in [4.69, 9.17) is 24.2 Å². The van der Waals surface area contributed by atoms with Crippen molar-refractivity contribution >= 4 is 29.2 Å². The van der Waals surface area contributed by atoms with Crippen molar-refractivity contribution in [3.8, 4) is 23.3 Å². The molecular formula is C45H47F4N7O4S. The van der Waals surface area contributed by atoms with E-state index in [1.807, 2.05) is 42.1 Å². The Hall–Kier alpha value is -5.79. The molecule has 7 rings (SSSR count). The molecule has 0 N–H and O–H groups in total. The van der Waals surface area contributed by atoms with Crippen LogP contribution in [0.1, 0.15) is 80.3 Å². The number of methoxy groups -OCH3 is 2. The molecule has 0 bridgehead atoms. The summed E-state index contributed by atoms with van der Waals surface area (Å²) in [6, 6.07) is 15.6. The summed E-state index contributed by atoms with van der Waals surface area (Å²) in [6.07, 6.45) is -3.98. The molecular weight excluding hydrogens is 811 g/mol. The van der Waals surface area contributed by atoms with Crippen molar-refractivity contribution in [2.75, 3.05) is 50.9 Å². The second kappa shape index (κ2) is 18.1. The smallest absolute Gasteiger partial charge is 0.418 e. The number of halogens is 4. The van der Waals surface area contributed by atoms with Gasteiger partial charge in [0, 0.05) is 68.9 Å². The van der Waals surface area contributed by atoms with Crippen molar-refractivity contribution in [1.29, 1.82) is 0 Å². The number of carbonyl (C=O) groups is 1. The van der Waals surface area contributed by atoms with Gasteiger partial charge in [-0.05, 0) is 68.0 Å². The summed E-state index contributed by atoms with van der Waals surface area (Å²) in [5.74, 6) is 5.86. The highest BCUT2D eigenvalue weighted by molar-refractivity contribution is 7.98. The quantitative estimate of drug-likeness (QED) is 0.0558. The molecule has 0 fully saturated rings. The monoisotopic (exact) mass is 857 g/mol. The predicted octanol–water partition coefficient (Wildman–Crippen LogP) is 8.38. The predicted molar refractivity (Wildman–Crippen MR) is 226 cm³/mol. The fourth-order valence-corrected chi connectivity index (χ4v) is 8.25. The van der Waals surface area contributed by atoms with E-state index in [1.165, 1.54) is 29.7 Å². The van der Waals surface area contributed by atoms with Crippen LogP contribution in [0.4, 0.5) is 29.1 Å². The van der Waals surface area contributed by atoms with Gasteiger partial charge in [0.25, 0.3) is 5.91 Å². The lowest BCUT2D eigenvalue weighted by atomic mass is 9.90. The minimum atomic E-state index is -4.98. The molecule has 0 aliphatic carbocycles. The fourth-order valence-electron chi connectivity index (χ4n) is 7.87. The van der Waals surface area contributed by atoms with Crippen LogP contribution in [0.2, 0.25) is 0 Å². The van der Waals surface area contributed by atoms with Gasteiger partial charge >= 0.3 is 6.18 Å². The van der Waals surface area contributed by atoms with Gasteiger partial charge in [0.15, 0.2) is 16.7 Å². The van der Waals surface area contributed by atoms with Gasteiger partial charge in [-0.25, -0.2) is 14.4 Å². The molecule has 0 radical (unpaired) electrons. The highest BCUT2D eigenvalue weighted by Crippen LogP contribution is 2.46. The zero-order valence-electron chi connectivity index (χ0n) is 35.1. The molecule has 61 heavy (non-hydrogen) atoms. The van der Waals surface area contributed by atoms with E-state index in [1.54, 1.807) is 57.5 Å². The molecule has 16 heteroatoms. The zero-order valence-corrected chi connectivity index (χ0v) is 35.9. The van der Waals surface area contributed by atoms with Crippen LogP contribution in [-0.4, -0.2) is 71.7 Å². The molecule has 4 heterocycles. The van der Waals surface area contributed by atoms with Crippen LogP contribution in [0.3, 0.4) is 0 Å². The van der Waals surface area contributed by atoms with Crippen LogP contribution in [0.15, 0.2) is 59.8 Å². The normalized spacial score (nSPS) is 14.9. The van der Waals surface area contributed by atoms with E-state index in [0.717, 1.165) is 22.4 Å². The molecule has 1 amide bonds. The van der Waals surface area contributed by atoms with Crippen LogP contribution in [0, 0.1) is 24.6 Å². The van der Waals surface area contributed by atoms with E-state index in [2.05, 4.69) is 21.8 Å². The van der Waals surface area contributed by atoms with Crippen LogP contribution >= 0.6 is 11.8 Å². The second-order valence-corrected chi connectivity index (χ2v) is 15.8. The van der Waals surface area contributed by atoms with Crippen LogP contribution in [-0.2, 0) is 50.1 Å². The first kappa shape index (κ1) is 43.3. The van der Waals surface area contributed by atoms with Crippen LogP contribution in [0.25, 0.3) is 0 Å². The number of anilines is 2. The number of rotatable bonds is 11. The van der Waals surface area contributed by atoms with Gasteiger partial charge in [-0.2, -0.15) is 18.3 Å². The van der Waals surface area contributed by atoms with Gasteiger partial charge in [0.2, 0.25) is 0 Å². The summed E-state index contributed by atoms with van der Waals surface area (Å²) >= 11 is 1.30. The van der Waals surface area contributed by atoms with E-state index in [9.17, 15) is 4.79 Å². The first-order valence-corrected chi connectivity index (χ1v) is 20.9. The third kappa shape index (κ3) is 8.99. The molecule has 0 saturated heterocycles. The molecule has 2 aliphatic heterocycles. The number of carbonyl (C=O) groups excluding carboxylic acids is 1. The number of aryl methyl sites for hydroxylation is 1. The van der Waals surface area contributed by atoms with Gasteiger partial charge in [-0.15, -0.1) is 5.92 Å². The van der Waals surface area contributed by atoms with E-state index in [-0.39, 0.29) is 43.3 Å². The maximum Gasteiger partial charge on any atom is 0.418 e. The van der Waals surface area contributed by atoms with Crippen molar-refractivity contribution in [3.63, 3.8) is 0 Å². The lowest BCUT2D eigenvalue weighted by Crippen LogP contribution is -2.30.